The van der Waals surface area contributed by atoms with Crippen LogP contribution in [0.25, 0.3) is 0 Å². The Hall–Kier alpha value is 0.210. The van der Waals surface area contributed by atoms with Crippen LogP contribution in [0.15, 0.2) is 0 Å². The summed E-state index contributed by atoms with van der Waals surface area (Å²) in [6.07, 6.45) is 5.45. The first-order valence-corrected chi connectivity index (χ1v) is 6.31. The molecule has 0 aromatic rings. The molecule has 0 radical (unpaired) electrons. The van der Waals surface area contributed by atoms with Gasteiger partial charge in [0, 0.05) is 29.0 Å². The van der Waals surface area contributed by atoms with Crippen LogP contribution in [-0.2, 0) is 9.47 Å². The number of ether oxygens (including phenoxy) is 2. The van der Waals surface area contributed by atoms with Crippen LogP contribution in [0.3, 0.4) is 0 Å². The molecular weight excluding hydrogens is 291 g/mol. The number of rotatable bonds is 4. The van der Waals surface area contributed by atoms with Crippen LogP contribution in [0.4, 0.5) is 0 Å². The molecule has 0 atom stereocenters. The summed E-state index contributed by atoms with van der Waals surface area (Å²) in [6.45, 7) is 3.74. The minimum Gasteiger partial charge on any atom is -0.340 e. The van der Waals surface area contributed by atoms with E-state index >= 15 is 0 Å². The van der Waals surface area contributed by atoms with E-state index in [1.807, 2.05) is 22.6 Å². The van der Waals surface area contributed by atoms with Crippen LogP contribution in [0.1, 0.15) is 39.0 Å². The average Bonchev–Trinajstić information content (AvgIpc) is 2.20. The van der Waals surface area contributed by atoms with Gasteiger partial charge in [0.05, 0.1) is 13.2 Å². The van der Waals surface area contributed by atoms with Crippen LogP contribution in [0, 0.1) is 9.85 Å². The van der Waals surface area contributed by atoms with Crippen LogP contribution in [0.5, 0.6) is 0 Å². The fourth-order valence-electron chi connectivity index (χ4n) is 1.53. The van der Waals surface area contributed by atoms with Crippen molar-refractivity contribution >= 4 is 22.6 Å². The summed E-state index contributed by atoms with van der Waals surface area (Å²) < 4.78 is 14.2. The molecule has 0 aromatic carbocycles. The van der Waals surface area contributed by atoms with Gasteiger partial charge in [0.2, 0.25) is 5.79 Å². The van der Waals surface area contributed by atoms with Gasteiger partial charge >= 0.3 is 0 Å². The van der Waals surface area contributed by atoms with E-state index < -0.39 is 5.79 Å². The number of hydrogen-bond donors (Lipinski definition) is 0. The molecule has 1 aliphatic heterocycles. The fourth-order valence-corrected chi connectivity index (χ4v) is 1.94. The third-order valence-corrected chi connectivity index (χ3v) is 2.58. The van der Waals surface area contributed by atoms with E-state index in [2.05, 4.69) is 16.8 Å². The standard InChI is InChI=1S/C11H17IO2/c1-2-3-4-6-11(7-8-12)13-9-5-10-14-11/h2-6,9-10H2,1H3. The molecule has 0 aromatic heterocycles. The van der Waals surface area contributed by atoms with Crippen LogP contribution in [-0.4, -0.2) is 19.0 Å². The molecule has 0 bridgehead atoms. The molecule has 1 saturated heterocycles. The average molecular weight is 308 g/mol. The summed E-state index contributed by atoms with van der Waals surface area (Å²) in [4.78, 5) is 0. The van der Waals surface area contributed by atoms with Gasteiger partial charge in [-0.3, -0.25) is 0 Å². The first-order valence-electron chi connectivity index (χ1n) is 5.24. The normalized spacial score (nSPS) is 19.9. The van der Waals surface area contributed by atoms with Crippen molar-refractivity contribution in [3.05, 3.63) is 0 Å². The highest BCUT2D eigenvalue weighted by Gasteiger charge is 2.31. The summed E-state index contributed by atoms with van der Waals surface area (Å²) in [6, 6.07) is 0. The summed E-state index contributed by atoms with van der Waals surface area (Å²) in [5, 5.41) is 0. The molecule has 0 aliphatic carbocycles. The van der Waals surface area contributed by atoms with Crippen LogP contribution >= 0.6 is 22.6 Å². The van der Waals surface area contributed by atoms with Crippen LogP contribution < -0.4 is 0 Å². The van der Waals surface area contributed by atoms with Gasteiger partial charge in [-0.25, -0.2) is 0 Å². The van der Waals surface area contributed by atoms with E-state index in [-0.39, 0.29) is 0 Å². The molecule has 0 amide bonds. The zero-order valence-corrected chi connectivity index (χ0v) is 10.8. The van der Waals surface area contributed by atoms with E-state index in [0.29, 0.717) is 0 Å². The predicted octanol–water partition coefficient (Wildman–Crippen LogP) is 3.10. The second kappa shape index (κ2) is 6.65. The molecule has 2 nitrogen and oxygen atoms in total. The third-order valence-electron chi connectivity index (χ3n) is 2.31. The quantitative estimate of drug-likeness (QED) is 0.451. The van der Waals surface area contributed by atoms with Crippen LogP contribution in [0.2, 0.25) is 0 Å². The van der Waals surface area contributed by atoms with E-state index in [1.165, 1.54) is 12.8 Å². The van der Waals surface area contributed by atoms with Gasteiger partial charge in [-0.1, -0.05) is 19.8 Å². The largest absolute Gasteiger partial charge is 0.340 e. The number of unbranched alkanes of at least 4 members (excludes halogenated alkanes) is 2. The summed E-state index contributed by atoms with van der Waals surface area (Å²) in [5.41, 5.74) is 0. The van der Waals surface area contributed by atoms with Crippen molar-refractivity contribution in [1.29, 1.82) is 0 Å². The molecule has 1 fully saturated rings. The Morgan fingerprint density at radius 3 is 2.57 bits per heavy atom. The van der Waals surface area contributed by atoms with E-state index in [1.54, 1.807) is 0 Å². The molecule has 1 rings (SSSR count). The van der Waals surface area contributed by atoms with Gasteiger partial charge in [0.25, 0.3) is 0 Å². The van der Waals surface area contributed by atoms with Gasteiger partial charge < -0.3 is 9.47 Å². The van der Waals surface area contributed by atoms with Crippen molar-refractivity contribution < 1.29 is 9.47 Å². The second-order valence-electron chi connectivity index (χ2n) is 3.48. The van der Waals surface area contributed by atoms with Gasteiger partial charge in [0.1, 0.15) is 0 Å². The SMILES string of the molecule is CCCCCC1(C#CI)OCCCO1. The van der Waals surface area contributed by atoms with Crippen molar-refractivity contribution in [2.24, 2.45) is 0 Å². The molecule has 80 valence electrons. The monoisotopic (exact) mass is 308 g/mol. The molecule has 1 heterocycles. The number of hydrogen-bond acceptors (Lipinski definition) is 2. The second-order valence-corrected chi connectivity index (χ2v) is 4.02. The maximum Gasteiger partial charge on any atom is 0.234 e. The van der Waals surface area contributed by atoms with Gasteiger partial charge in [0.15, 0.2) is 0 Å². The summed E-state index contributed by atoms with van der Waals surface area (Å²) in [5.74, 6) is 2.46. The molecule has 0 saturated carbocycles. The lowest BCUT2D eigenvalue weighted by Gasteiger charge is -2.32. The van der Waals surface area contributed by atoms with E-state index in [9.17, 15) is 0 Å². The zero-order chi connectivity index (χ0) is 10.3. The minimum absolute atomic E-state index is 0.589. The molecular formula is C11H17IO2. The summed E-state index contributed by atoms with van der Waals surface area (Å²) in [7, 11) is 0. The summed E-state index contributed by atoms with van der Waals surface area (Å²) >= 11 is 2.04. The molecule has 1 aliphatic rings. The van der Waals surface area contributed by atoms with Crippen molar-refractivity contribution in [2.75, 3.05) is 13.2 Å². The van der Waals surface area contributed by atoms with Gasteiger partial charge in [-0.15, -0.1) is 0 Å². The third kappa shape index (κ3) is 3.76. The Morgan fingerprint density at radius 2 is 2.00 bits per heavy atom. The topological polar surface area (TPSA) is 18.5 Å². The Kier molecular flexibility index (Phi) is 5.83. The Balaban J connectivity index is 2.46. The first kappa shape index (κ1) is 12.3. The molecule has 0 unspecified atom stereocenters. The highest BCUT2D eigenvalue weighted by molar-refractivity contribution is 14.1. The molecule has 14 heavy (non-hydrogen) atoms. The van der Waals surface area contributed by atoms with E-state index in [4.69, 9.17) is 9.47 Å². The molecule has 0 spiro atoms. The van der Waals surface area contributed by atoms with Crippen molar-refractivity contribution in [1.82, 2.24) is 0 Å². The van der Waals surface area contributed by atoms with Crippen molar-refractivity contribution in [3.8, 4) is 9.85 Å². The lowest BCUT2D eigenvalue weighted by Crippen LogP contribution is -2.39. The fraction of sp³-hybridized carbons (Fsp3) is 0.818. The molecule has 0 N–H and O–H groups in total. The lowest BCUT2D eigenvalue weighted by molar-refractivity contribution is -0.233. The van der Waals surface area contributed by atoms with Crippen molar-refractivity contribution in [2.45, 2.75) is 44.8 Å². The maximum atomic E-state index is 5.65. The van der Waals surface area contributed by atoms with Gasteiger partial charge in [-0.05, 0) is 22.7 Å². The van der Waals surface area contributed by atoms with Crippen molar-refractivity contribution in [3.63, 3.8) is 0 Å². The predicted molar refractivity (Wildman–Crippen MR) is 65.2 cm³/mol. The smallest absolute Gasteiger partial charge is 0.234 e. The highest BCUT2D eigenvalue weighted by Crippen LogP contribution is 2.25. The molecule has 3 heteroatoms. The Bertz CT molecular complexity index is 211. The minimum atomic E-state index is -0.589. The Labute approximate surface area is 99.9 Å². The highest BCUT2D eigenvalue weighted by atomic mass is 127. The zero-order valence-electron chi connectivity index (χ0n) is 8.64. The number of halogens is 1. The maximum absolute atomic E-state index is 5.65. The lowest BCUT2D eigenvalue weighted by atomic mass is 10.1. The van der Waals surface area contributed by atoms with Gasteiger partial charge in [-0.2, -0.15) is 0 Å². The van der Waals surface area contributed by atoms with E-state index in [0.717, 1.165) is 32.5 Å². The Morgan fingerprint density at radius 1 is 1.29 bits per heavy atom. The first-order chi connectivity index (χ1) is 6.83.